The van der Waals surface area contributed by atoms with Crippen LogP contribution in [0.4, 0.5) is 0 Å². The molecule has 2 N–H and O–H groups in total. The lowest BCUT2D eigenvalue weighted by Gasteiger charge is -2.24. The van der Waals surface area contributed by atoms with Gasteiger partial charge in [-0.15, -0.1) is 0 Å². The first-order valence-corrected chi connectivity index (χ1v) is 5.80. The van der Waals surface area contributed by atoms with E-state index in [1.807, 2.05) is 18.2 Å². The third-order valence-electron chi connectivity index (χ3n) is 3.50. The molecule has 0 bridgehead atoms. The largest absolute Gasteiger partial charge is 0.396 e. The highest BCUT2D eigenvalue weighted by Gasteiger charge is 2.33. The van der Waals surface area contributed by atoms with Gasteiger partial charge in [-0.3, -0.25) is 4.90 Å². The molecule has 0 amide bonds. The van der Waals surface area contributed by atoms with Crippen molar-refractivity contribution in [3.05, 3.63) is 35.9 Å². The van der Waals surface area contributed by atoms with Gasteiger partial charge in [0.1, 0.15) is 0 Å². The molecule has 1 heterocycles. The zero-order chi connectivity index (χ0) is 11.5. The molecule has 1 aromatic rings. The van der Waals surface area contributed by atoms with Gasteiger partial charge in [0.15, 0.2) is 0 Å². The van der Waals surface area contributed by atoms with E-state index in [1.165, 1.54) is 5.56 Å². The molecular formula is C13H19NO2. The molecule has 0 spiro atoms. The molecule has 0 aliphatic carbocycles. The molecule has 3 nitrogen and oxygen atoms in total. The Morgan fingerprint density at radius 3 is 2.56 bits per heavy atom. The first-order valence-electron chi connectivity index (χ1n) is 5.80. The van der Waals surface area contributed by atoms with Crippen LogP contribution in [0.3, 0.4) is 0 Å². The lowest BCUT2D eigenvalue weighted by Crippen LogP contribution is -2.25. The lowest BCUT2D eigenvalue weighted by molar-refractivity contribution is 0.102. The van der Waals surface area contributed by atoms with Crippen molar-refractivity contribution < 1.29 is 10.2 Å². The predicted molar refractivity (Wildman–Crippen MR) is 63.0 cm³/mol. The number of hydrogen-bond acceptors (Lipinski definition) is 3. The molecule has 0 unspecified atom stereocenters. The second-order valence-electron chi connectivity index (χ2n) is 4.55. The van der Waals surface area contributed by atoms with Crippen LogP contribution in [0.2, 0.25) is 0 Å². The number of benzene rings is 1. The Balaban J connectivity index is 2.04. The number of hydrogen-bond donors (Lipinski definition) is 2. The average Bonchev–Trinajstić information content (AvgIpc) is 2.71. The van der Waals surface area contributed by atoms with Crippen LogP contribution < -0.4 is 0 Å². The highest BCUT2D eigenvalue weighted by atomic mass is 16.3. The summed E-state index contributed by atoms with van der Waals surface area (Å²) in [4.78, 5) is 2.22. The van der Waals surface area contributed by atoms with Crippen molar-refractivity contribution in [2.75, 3.05) is 19.7 Å². The minimum absolute atomic E-state index is 0.00571. The van der Waals surface area contributed by atoms with Crippen LogP contribution in [-0.2, 0) is 0 Å². The SMILES string of the molecule is C[C@@H](c1ccccc1)N1C[C@@H](CO)[C@@H](O)C1. The zero-order valence-corrected chi connectivity index (χ0v) is 9.58. The van der Waals surface area contributed by atoms with E-state index in [-0.39, 0.29) is 12.5 Å². The second kappa shape index (κ2) is 4.95. The van der Waals surface area contributed by atoms with E-state index in [2.05, 4.69) is 24.0 Å². The van der Waals surface area contributed by atoms with Gasteiger partial charge in [-0.05, 0) is 12.5 Å². The molecule has 2 rings (SSSR count). The maximum Gasteiger partial charge on any atom is 0.0729 e. The molecule has 1 aliphatic heterocycles. The van der Waals surface area contributed by atoms with E-state index in [9.17, 15) is 5.11 Å². The van der Waals surface area contributed by atoms with Crippen LogP contribution in [0.5, 0.6) is 0 Å². The minimum atomic E-state index is -0.392. The first-order chi connectivity index (χ1) is 7.72. The summed E-state index contributed by atoms with van der Waals surface area (Å²) in [5.41, 5.74) is 1.26. The van der Waals surface area contributed by atoms with E-state index in [1.54, 1.807) is 0 Å². The van der Waals surface area contributed by atoms with Crippen LogP contribution in [-0.4, -0.2) is 40.9 Å². The summed E-state index contributed by atoms with van der Waals surface area (Å²) in [6.45, 7) is 3.63. The number of β-amino-alcohol motifs (C(OH)–C–C–N with tert-alkyl or cyclic N) is 1. The van der Waals surface area contributed by atoms with Crippen LogP contribution in [0.15, 0.2) is 30.3 Å². The fraction of sp³-hybridized carbons (Fsp3) is 0.538. The van der Waals surface area contributed by atoms with Crippen molar-refractivity contribution in [3.8, 4) is 0 Å². The molecule has 3 heteroatoms. The van der Waals surface area contributed by atoms with Gasteiger partial charge in [-0.2, -0.15) is 0 Å². The highest BCUT2D eigenvalue weighted by molar-refractivity contribution is 5.18. The Bertz CT molecular complexity index is 328. The molecule has 88 valence electrons. The summed E-state index contributed by atoms with van der Waals surface area (Å²) in [6, 6.07) is 10.6. The third-order valence-corrected chi connectivity index (χ3v) is 3.50. The van der Waals surface area contributed by atoms with Crippen LogP contribution in [0, 0.1) is 5.92 Å². The van der Waals surface area contributed by atoms with Crippen molar-refractivity contribution in [2.45, 2.75) is 19.1 Å². The monoisotopic (exact) mass is 221 g/mol. The molecule has 16 heavy (non-hydrogen) atoms. The van der Waals surface area contributed by atoms with Gasteiger partial charge in [0.25, 0.3) is 0 Å². The summed E-state index contributed by atoms with van der Waals surface area (Å²) >= 11 is 0. The van der Waals surface area contributed by atoms with Gasteiger partial charge in [-0.1, -0.05) is 30.3 Å². The smallest absolute Gasteiger partial charge is 0.0729 e. The lowest BCUT2D eigenvalue weighted by atomic mass is 10.1. The zero-order valence-electron chi connectivity index (χ0n) is 9.58. The van der Waals surface area contributed by atoms with Gasteiger partial charge in [0.05, 0.1) is 6.10 Å². The van der Waals surface area contributed by atoms with Gasteiger partial charge >= 0.3 is 0 Å². The number of aliphatic hydroxyl groups excluding tert-OH is 2. The normalized spacial score (nSPS) is 28.2. The van der Waals surface area contributed by atoms with Crippen molar-refractivity contribution in [3.63, 3.8) is 0 Å². The van der Waals surface area contributed by atoms with E-state index in [4.69, 9.17) is 5.11 Å². The van der Waals surface area contributed by atoms with Crippen molar-refractivity contribution >= 4 is 0 Å². The van der Waals surface area contributed by atoms with Crippen LogP contribution >= 0.6 is 0 Å². The van der Waals surface area contributed by atoms with Gasteiger partial charge < -0.3 is 10.2 Å². The summed E-state index contributed by atoms with van der Waals surface area (Å²) in [5.74, 6) is 0.00571. The Kier molecular flexibility index (Phi) is 3.59. The molecular weight excluding hydrogens is 202 g/mol. The van der Waals surface area contributed by atoms with Crippen LogP contribution in [0.25, 0.3) is 0 Å². The molecule has 1 aromatic carbocycles. The van der Waals surface area contributed by atoms with Crippen molar-refractivity contribution in [1.82, 2.24) is 4.90 Å². The van der Waals surface area contributed by atoms with Gasteiger partial charge in [0.2, 0.25) is 0 Å². The standard InChI is InChI=1S/C13H19NO2/c1-10(11-5-3-2-4-6-11)14-7-12(9-15)13(16)8-14/h2-6,10,12-13,15-16H,7-9H2,1H3/t10-,12-,13-/m0/s1. The summed E-state index contributed by atoms with van der Waals surface area (Å²) < 4.78 is 0. The number of aliphatic hydroxyl groups is 2. The molecule has 1 fully saturated rings. The van der Waals surface area contributed by atoms with Gasteiger partial charge in [-0.25, -0.2) is 0 Å². The molecule has 3 atom stereocenters. The molecule has 0 aromatic heterocycles. The average molecular weight is 221 g/mol. The van der Waals surface area contributed by atoms with E-state index >= 15 is 0 Å². The molecule has 1 aliphatic rings. The Hall–Kier alpha value is -0.900. The Morgan fingerprint density at radius 1 is 1.31 bits per heavy atom. The first kappa shape index (κ1) is 11.6. The topological polar surface area (TPSA) is 43.7 Å². The highest BCUT2D eigenvalue weighted by Crippen LogP contribution is 2.27. The van der Waals surface area contributed by atoms with E-state index < -0.39 is 6.10 Å². The quantitative estimate of drug-likeness (QED) is 0.801. The maximum absolute atomic E-state index is 9.75. The molecule has 1 saturated heterocycles. The maximum atomic E-state index is 9.75. The van der Waals surface area contributed by atoms with Crippen LogP contribution in [0.1, 0.15) is 18.5 Å². The second-order valence-corrected chi connectivity index (χ2v) is 4.55. The Labute approximate surface area is 96.3 Å². The summed E-state index contributed by atoms with van der Waals surface area (Å²) in [5, 5.41) is 18.9. The van der Waals surface area contributed by atoms with Crippen molar-refractivity contribution in [1.29, 1.82) is 0 Å². The molecule has 0 saturated carbocycles. The third kappa shape index (κ3) is 2.26. The van der Waals surface area contributed by atoms with E-state index in [0.717, 1.165) is 6.54 Å². The number of nitrogens with zero attached hydrogens (tertiary/aromatic N) is 1. The minimum Gasteiger partial charge on any atom is -0.396 e. The number of likely N-dealkylation sites (tertiary alicyclic amines) is 1. The van der Waals surface area contributed by atoms with Crippen molar-refractivity contribution in [2.24, 2.45) is 5.92 Å². The van der Waals surface area contributed by atoms with Gasteiger partial charge in [0, 0.05) is 31.7 Å². The van der Waals surface area contributed by atoms with E-state index in [0.29, 0.717) is 12.6 Å². The fourth-order valence-corrected chi connectivity index (χ4v) is 2.32. The fourth-order valence-electron chi connectivity index (χ4n) is 2.32. The Morgan fingerprint density at radius 2 is 2.00 bits per heavy atom. The predicted octanol–water partition coefficient (Wildman–Crippen LogP) is 1.03. The summed E-state index contributed by atoms with van der Waals surface area (Å²) in [7, 11) is 0. The summed E-state index contributed by atoms with van der Waals surface area (Å²) in [6.07, 6.45) is -0.392. The molecule has 0 radical (unpaired) electrons. The number of rotatable bonds is 3.